The minimum absolute atomic E-state index is 0.216. The van der Waals surface area contributed by atoms with Gasteiger partial charge in [-0.3, -0.25) is 4.79 Å². The summed E-state index contributed by atoms with van der Waals surface area (Å²) in [4.78, 5) is 14.2. The van der Waals surface area contributed by atoms with Crippen LogP contribution in [0.5, 0.6) is 0 Å². The van der Waals surface area contributed by atoms with Gasteiger partial charge in [-0.1, -0.05) is 12.1 Å². The predicted octanol–water partition coefficient (Wildman–Crippen LogP) is 0.744. The normalized spacial score (nSPS) is 11.0. The Bertz CT molecular complexity index is 383. The van der Waals surface area contributed by atoms with Crippen LogP contribution in [0, 0.1) is 0 Å². The first-order valence-electron chi connectivity index (χ1n) is 4.64. The molecule has 0 aromatic heterocycles. The van der Waals surface area contributed by atoms with Crippen LogP contribution in [-0.2, 0) is 20.9 Å². The van der Waals surface area contributed by atoms with Crippen molar-refractivity contribution in [3.05, 3.63) is 29.8 Å². The molecule has 86 valence electrons. The maximum atomic E-state index is 10.8. The van der Waals surface area contributed by atoms with Crippen molar-refractivity contribution in [1.29, 1.82) is 0 Å². The minimum Gasteiger partial charge on any atom is -0.603 e. The van der Waals surface area contributed by atoms with Gasteiger partial charge in [0.2, 0.25) is 0 Å². The number of rotatable bonds is 3. The molecule has 1 rings (SSSR count). The van der Waals surface area contributed by atoms with Crippen LogP contribution in [0.1, 0.15) is 12.5 Å². The summed E-state index contributed by atoms with van der Waals surface area (Å²) >= 11 is 0. The van der Waals surface area contributed by atoms with Crippen LogP contribution in [0.3, 0.4) is 0 Å². The maximum Gasteiger partial charge on any atom is 0.302 e. The minimum atomic E-state index is -0.646. The van der Waals surface area contributed by atoms with Crippen LogP contribution in [0.2, 0.25) is 0 Å². The summed E-state index contributed by atoms with van der Waals surface area (Å²) in [7, 11) is 1.26. The highest BCUT2D eigenvalue weighted by atomic mass is 16.6. The standard InChI is InChI=1S/C11H13NO4/c1-8(13)16-7-9-3-5-10(6-4-9)12-11(14)15-2/h3-6H,7H2,1-2H3,(H,12,14)/p-1. The van der Waals surface area contributed by atoms with Gasteiger partial charge in [-0.15, -0.1) is 0 Å². The SMILES string of the molecule is COC([O-])=Nc1ccc(COC(C)=O)cc1. The van der Waals surface area contributed by atoms with Crippen LogP contribution in [0.25, 0.3) is 0 Å². The molecule has 16 heavy (non-hydrogen) atoms. The molecule has 1 aromatic carbocycles. The average molecular weight is 222 g/mol. The summed E-state index contributed by atoms with van der Waals surface area (Å²) in [6.45, 7) is 1.56. The molecule has 0 aliphatic rings. The summed E-state index contributed by atoms with van der Waals surface area (Å²) < 4.78 is 9.20. The molecule has 0 aliphatic heterocycles. The molecule has 0 saturated carbocycles. The molecule has 0 N–H and O–H groups in total. The highest BCUT2D eigenvalue weighted by Gasteiger charge is 1.96. The fourth-order valence-corrected chi connectivity index (χ4v) is 1.00. The Morgan fingerprint density at radius 2 is 2.00 bits per heavy atom. The van der Waals surface area contributed by atoms with E-state index in [2.05, 4.69) is 9.73 Å². The summed E-state index contributed by atoms with van der Waals surface area (Å²) in [5, 5.41) is 10.8. The van der Waals surface area contributed by atoms with E-state index in [1.54, 1.807) is 24.3 Å². The molecule has 0 unspecified atom stereocenters. The average Bonchev–Trinajstić information content (AvgIpc) is 2.28. The Labute approximate surface area is 93.3 Å². The van der Waals surface area contributed by atoms with E-state index in [-0.39, 0.29) is 12.6 Å². The van der Waals surface area contributed by atoms with Crippen molar-refractivity contribution in [2.45, 2.75) is 13.5 Å². The number of methoxy groups -OCH3 is 1. The monoisotopic (exact) mass is 222 g/mol. The topological polar surface area (TPSA) is 70.9 Å². The third kappa shape index (κ3) is 4.00. The smallest absolute Gasteiger partial charge is 0.302 e. The van der Waals surface area contributed by atoms with E-state index in [9.17, 15) is 9.90 Å². The van der Waals surface area contributed by atoms with Crippen LogP contribution < -0.4 is 5.11 Å². The Morgan fingerprint density at radius 3 is 2.50 bits per heavy atom. The van der Waals surface area contributed by atoms with Gasteiger partial charge < -0.3 is 14.6 Å². The fraction of sp³-hybridized carbons (Fsp3) is 0.273. The highest BCUT2D eigenvalue weighted by molar-refractivity contribution is 5.67. The molecular weight excluding hydrogens is 210 g/mol. The van der Waals surface area contributed by atoms with E-state index in [0.29, 0.717) is 5.69 Å². The zero-order chi connectivity index (χ0) is 12.0. The van der Waals surface area contributed by atoms with Crippen molar-refractivity contribution in [2.75, 3.05) is 7.11 Å². The Kier molecular flexibility index (Phi) is 4.32. The lowest BCUT2D eigenvalue weighted by Crippen LogP contribution is -2.18. The highest BCUT2D eigenvalue weighted by Crippen LogP contribution is 2.13. The van der Waals surface area contributed by atoms with Crippen molar-refractivity contribution in [3.8, 4) is 0 Å². The number of hydrogen-bond donors (Lipinski definition) is 0. The molecule has 5 heteroatoms. The van der Waals surface area contributed by atoms with E-state index in [0.717, 1.165) is 5.56 Å². The van der Waals surface area contributed by atoms with E-state index < -0.39 is 6.08 Å². The molecule has 0 spiro atoms. The zero-order valence-corrected chi connectivity index (χ0v) is 9.10. The number of carbonyl (C=O) groups is 1. The summed E-state index contributed by atoms with van der Waals surface area (Å²) in [5.74, 6) is -0.330. The van der Waals surface area contributed by atoms with Gasteiger partial charge in [0.25, 0.3) is 0 Å². The van der Waals surface area contributed by atoms with Crippen LogP contribution >= 0.6 is 0 Å². The Morgan fingerprint density at radius 1 is 1.38 bits per heavy atom. The quantitative estimate of drug-likeness (QED) is 0.429. The predicted molar refractivity (Wildman–Crippen MR) is 56.0 cm³/mol. The van der Waals surface area contributed by atoms with E-state index in [1.807, 2.05) is 0 Å². The van der Waals surface area contributed by atoms with Crippen molar-refractivity contribution in [3.63, 3.8) is 0 Å². The first-order valence-corrected chi connectivity index (χ1v) is 4.64. The Hall–Kier alpha value is -2.04. The van der Waals surface area contributed by atoms with Crippen LogP contribution in [-0.4, -0.2) is 19.2 Å². The molecule has 0 fully saturated rings. The lowest BCUT2D eigenvalue weighted by atomic mass is 10.2. The van der Waals surface area contributed by atoms with Gasteiger partial charge >= 0.3 is 5.97 Å². The van der Waals surface area contributed by atoms with E-state index in [1.165, 1.54) is 14.0 Å². The molecule has 1 aromatic rings. The van der Waals surface area contributed by atoms with Crippen LogP contribution in [0.15, 0.2) is 29.3 Å². The molecular formula is C11H12NO4-. The third-order valence-corrected chi connectivity index (χ3v) is 1.77. The summed E-state index contributed by atoms with van der Waals surface area (Å²) in [6, 6.07) is 6.75. The maximum absolute atomic E-state index is 10.8. The third-order valence-electron chi connectivity index (χ3n) is 1.77. The van der Waals surface area contributed by atoms with Gasteiger partial charge in [-0.2, -0.15) is 0 Å². The molecule has 0 heterocycles. The van der Waals surface area contributed by atoms with Gasteiger partial charge in [-0.05, 0) is 24.8 Å². The number of ether oxygens (including phenoxy) is 2. The molecule has 0 aliphatic carbocycles. The molecule has 5 nitrogen and oxygen atoms in total. The number of carbonyl (C=O) groups excluding carboxylic acids is 1. The lowest BCUT2D eigenvalue weighted by Gasteiger charge is -2.07. The Balaban J connectivity index is 2.64. The second-order valence-corrected chi connectivity index (χ2v) is 3.03. The number of hydrogen-bond acceptors (Lipinski definition) is 5. The van der Waals surface area contributed by atoms with Gasteiger partial charge in [0.15, 0.2) is 6.08 Å². The number of benzene rings is 1. The summed E-state index contributed by atoms with van der Waals surface area (Å²) in [6.07, 6.45) is -0.646. The summed E-state index contributed by atoms with van der Waals surface area (Å²) in [5.41, 5.74) is 1.33. The van der Waals surface area contributed by atoms with E-state index >= 15 is 0 Å². The number of nitrogens with zero attached hydrogens (tertiary/aromatic N) is 1. The second-order valence-electron chi connectivity index (χ2n) is 3.03. The van der Waals surface area contributed by atoms with Crippen LogP contribution in [0.4, 0.5) is 5.69 Å². The van der Waals surface area contributed by atoms with Crippen molar-refractivity contribution in [2.24, 2.45) is 4.99 Å². The largest absolute Gasteiger partial charge is 0.603 e. The second kappa shape index (κ2) is 5.75. The first-order chi connectivity index (χ1) is 7.61. The molecule has 0 saturated heterocycles. The molecule has 0 bridgehead atoms. The molecule has 0 radical (unpaired) electrons. The van der Waals surface area contributed by atoms with Gasteiger partial charge in [0.05, 0.1) is 5.69 Å². The van der Waals surface area contributed by atoms with Crippen molar-refractivity contribution in [1.82, 2.24) is 0 Å². The van der Waals surface area contributed by atoms with Gasteiger partial charge in [-0.25, -0.2) is 4.99 Å². The lowest BCUT2D eigenvalue weighted by molar-refractivity contribution is -0.247. The van der Waals surface area contributed by atoms with Gasteiger partial charge in [0, 0.05) is 6.92 Å². The fourth-order valence-electron chi connectivity index (χ4n) is 1.00. The van der Waals surface area contributed by atoms with Crippen molar-refractivity contribution < 1.29 is 19.4 Å². The number of aliphatic imine (C=N–C) groups is 1. The zero-order valence-electron chi connectivity index (χ0n) is 9.10. The van der Waals surface area contributed by atoms with Gasteiger partial charge in [0.1, 0.15) is 6.61 Å². The van der Waals surface area contributed by atoms with E-state index in [4.69, 9.17) is 4.74 Å². The van der Waals surface area contributed by atoms with Crippen molar-refractivity contribution >= 4 is 17.7 Å². The molecule has 0 atom stereocenters. The number of esters is 1. The first kappa shape index (κ1) is 12.0. The molecule has 0 amide bonds.